The molecule has 0 heterocycles. The summed E-state index contributed by atoms with van der Waals surface area (Å²) in [5.41, 5.74) is 2.37. The van der Waals surface area contributed by atoms with E-state index < -0.39 is 0 Å². The normalized spacial score (nSPS) is 16.2. The number of aliphatic hydroxyl groups is 1. The van der Waals surface area contributed by atoms with Gasteiger partial charge in [0.2, 0.25) is 0 Å². The van der Waals surface area contributed by atoms with E-state index in [-0.39, 0.29) is 6.61 Å². The van der Waals surface area contributed by atoms with Gasteiger partial charge in [-0.2, -0.15) is 0 Å². The molecule has 1 atom stereocenters. The predicted molar refractivity (Wildman–Crippen MR) is 81.8 cm³/mol. The molecule has 3 heteroatoms. The molecule has 0 radical (unpaired) electrons. The second-order valence-electron chi connectivity index (χ2n) is 5.57. The van der Waals surface area contributed by atoms with E-state index in [1.54, 1.807) is 0 Å². The minimum Gasteiger partial charge on any atom is -0.395 e. The summed E-state index contributed by atoms with van der Waals surface area (Å²) in [5, 5.41) is 12.6. The van der Waals surface area contributed by atoms with Gasteiger partial charge in [-0.25, -0.2) is 0 Å². The number of benzene rings is 1. The van der Waals surface area contributed by atoms with Crippen LogP contribution in [0.4, 0.5) is 11.4 Å². The van der Waals surface area contributed by atoms with Gasteiger partial charge in [-0.3, -0.25) is 0 Å². The van der Waals surface area contributed by atoms with Crippen molar-refractivity contribution in [3.05, 3.63) is 24.3 Å². The maximum atomic E-state index is 8.94. The summed E-state index contributed by atoms with van der Waals surface area (Å²) >= 11 is 0. The molecule has 0 bridgehead atoms. The van der Waals surface area contributed by atoms with Gasteiger partial charge in [0, 0.05) is 31.0 Å². The SMILES string of the molecule is CCCC(Nc1ccc(N(C)CCO)cc1)C1CC1. The van der Waals surface area contributed by atoms with E-state index in [0.717, 1.165) is 11.6 Å². The van der Waals surface area contributed by atoms with Crippen molar-refractivity contribution < 1.29 is 5.11 Å². The van der Waals surface area contributed by atoms with Crippen LogP contribution in [0.25, 0.3) is 0 Å². The molecule has 0 spiro atoms. The molecule has 1 aliphatic rings. The van der Waals surface area contributed by atoms with E-state index in [1.807, 2.05) is 7.05 Å². The van der Waals surface area contributed by atoms with Crippen molar-refractivity contribution in [3.8, 4) is 0 Å². The van der Waals surface area contributed by atoms with Gasteiger partial charge in [-0.05, 0) is 49.4 Å². The Balaban J connectivity index is 1.93. The fraction of sp³-hybridized carbons (Fsp3) is 0.625. The summed E-state index contributed by atoms with van der Waals surface area (Å²) < 4.78 is 0. The molecular weight excluding hydrogens is 236 g/mol. The highest BCUT2D eigenvalue weighted by Gasteiger charge is 2.30. The van der Waals surface area contributed by atoms with E-state index in [1.165, 1.54) is 31.4 Å². The second kappa shape index (κ2) is 6.80. The van der Waals surface area contributed by atoms with Crippen LogP contribution in [0.5, 0.6) is 0 Å². The fourth-order valence-corrected chi connectivity index (χ4v) is 2.54. The van der Waals surface area contributed by atoms with Crippen molar-refractivity contribution in [1.29, 1.82) is 0 Å². The van der Waals surface area contributed by atoms with Crippen LogP contribution in [0.2, 0.25) is 0 Å². The highest BCUT2D eigenvalue weighted by molar-refractivity contribution is 5.55. The van der Waals surface area contributed by atoms with Crippen LogP contribution in [0.15, 0.2) is 24.3 Å². The van der Waals surface area contributed by atoms with Gasteiger partial charge in [0.1, 0.15) is 0 Å². The lowest BCUT2D eigenvalue weighted by atomic mass is 10.1. The smallest absolute Gasteiger partial charge is 0.0606 e. The maximum Gasteiger partial charge on any atom is 0.0606 e. The van der Waals surface area contributed by atoms with Crippen molar-refractivity contribution in [2.45, 2.75) is 38.6 Å². The molecule has 1 aromatic rings. The Bertz CT molecular complexity index is 373. The summed E-state index contributed by atoms with van der Waals surface area (Å²) in [6.45, 7) is 3.12. The van der Waals surface area contributed by atoms with Crippen molar-refractivity contribution in [3.63, 3.8) is 0 Å². The molecule has 1 saturated carbocycles. The zero-order chi connectivity index (χ0) is 13.7. The number of aliphatic hydroxyl groups excluding tert-OH is 1. The summed E-state index contributed by atoms with van der Waals surface area (Å²) in [6.07, 6.45) is 5.27. The van der Waals surface area contributed by atoms with Crippen LogP contribution >= 0.6 is 0 Å². The highest BCUT2D eigenvalue weighted by atomic mass is 16.3. The molecule has 0 amide bonds. The zero-order valence-electron chi connectivity index (χ0n) is 12.1. The molecule has 2 rings (SSSR count). The molecule has 106 valence electrons. The minimum absolute atomic E-state index is 0.191. The molecule has 2 N–H and O–H groups in total. The van der Waals surface area contributed by atoms with Gasteiger partial charge in [0.05, 0.1) is 6.61 Å². The second-order valence-corrected chi connectivity index (χ2v) is 5.57. The van der Waals surface area contributed by atoms with E-state index >= 15 is 0 Å². The van der Waals surface area contributed by atoms with Crippen molar-refractivity contribution in [1.82, 2.24) is 0 Å². The molecule has 1 aromatic carbocycles. The third-order valence-corrected chi connectivity index (χ3v) is 3.89. The van der Waals surface area contributed by atoms with E-state index in [0.29, 0.717) is 12.6 Å². The predicted octanol–water partition coefficient (Wildman–Crippen LogP) is 3.11. The van der Waals surface area contributed by atoms with E-state index in [9.17, 15) is 0 Å². The van der Waals surface area contributed by atoms with Crippen LogP contribution < -0.4 is 10.2 Å². The van der Waals surface area contributed by atoms with Gasteiger partial charge in [-0.1, -0.05) is 13.3 Å². The Hall–Kier alpha value is -1.22. The van der Waals surface area contributed by atoms with Gasteiger partial charge in [0.15, 0.2) is 0 Å². The minimum atomic E-state index is 0.191. The molecule has 3 nitrogen and oxygen atoms in total. The first-order chi connectivity index (χ1) is 9.24. The summed E-state index contributed by atoms with van der Waals surface area (Å²) in [5.74, 6) is 0.886. The summed E-state index contributed by atoms with van der Waals surface area (Å²) in [7, 11) is 2.00. The average molecular weight is 262 g/mol. The van der Waals surface area contributed by atoms with Gasteiger partial charge in [-0.15, -0.1) is 0 Å². The van der Waals surface area contributed by atoms with Gasteiger partial charge >= 0.3 is 0 Å². The van der Waals surface area contributed by atoms with E-state index in [4.69, 9.17) is 5.11 Å². The summed E-state index contributed by atoms with van der Waals surface area (Å²) in [6, 6.07) is 9.18. The third-order valence-electron chi connectivity index (χ3n) is 3.89. The van der Waals surface area contributed by atoms with Gasteiger partial charge < -0.3 is 15.3 Å². The van der Waals surface area contributed by atoms with E-state index in [2.05, 4.69) is 41.4 Å². The molecule has 0 aliphatic heterocycles. The molecule has 0 aromatic heterocycles. The lowest BCUT2D eigenvalue weighted by Gasteiger charge is -2.21. The number of nitrogens with one attached hydrogen (secondary N) is 1. The number of hydrogen-bond donors (Lipinski definition) is 2. The third kappa shape index (κ3) is 4.13. The molecule has 1 aliphatic carbocycles. The Morgan fingerprint density at radius 3 is 2.53 bits per heavy atom. The lowest BCUT2D eigenvalue weighted by Crippen LogP contribution is -2.22. The van der Waals surface area contributed by atoms with Crippen LogP contribution in [-0.2, 0) is 0 Å². The Kier molecular flexibility index (Phi) is 5.08. The molecule has 1 unspecified atom stereocenters. The number of likely N-dealkylation sites (N-methyl/N-ethyl adjacent to an activating group) is 1. The quantitative estimate of drug-likeness (QED) is 0.755. The summed E-state index contributed by atoms with van der Waals surface area (Å²) in [4.78, 5) is 2.06. The van der Waals surface area contributed by atoms with Crippen molar-refractivity contribution in [2.24, 2.45) is 5.92 Å². The van der Waals surface area contributed by atoms with Gasteiger partial charge in [0.25, 0.3) is 0 Å². The standard InChI is InChI=1S/C16H26N2O/c1-3-4-16(13-5-6-13)17-14-7-9-15(10-8-14)18(2)11-12-19/h7-10,13,16-17,19H,3-6,11-12H2,1-2H3. The topological polar surface area (TPSA) is 35.5 Å². The largest absolute Gasteiger partial charge is 0.395 e. The van der Waals surface area contributed by atoms with Crippen LogP contribution in [0.1, 0.15) is 32.6 Å². The Morgan fingerprint density at radius 2 is 2.00 bits per heavy atom. The molecular formula is C16H26N2O. The maximum absolute atomic E-state index is 8.94. The highest BCUT2D eigenvalue weighted by Crippen LogP contribution is 2.36. The average Bonchev–Trinajstić information content (AvgIpc) is 3.24. The number of nitrogens with zero attached hydrogens (tertiary/aromatic N) is 1. The fourth-order valence-electron chi connectivity index (χ4n) is 2.54. The lowest BCUT2D eigenvalue weighted by molar-refractivity contribution is 0.304. The number of hydrogen-bond acceptors (Lipinski definition) is 3. The number of anilines is 2. The van der Waals surface area contributed by atoms with Crippen LogP contribution in [0.3, 0.4) is 0 Å². The van der Waals surface area contributed by atoms with Crippen LogP contribution in [0, 0.1) is 5.92 Å². The first kappa shape index (κ1) is 14.2. The molecule has 0 saturated heterocycles. The Labute approximate surface area is 116 Å². The zero-order valence-corrected chi connectivity index (χ0v) is 12.1. The monoisotopic (exact) mass is 262 g/mol. The number of rotatable bonds is 8. The Morgan fingerprint density at radius 1 is 1.32 bits per heavy atom. The molecule has 1 fully saturated rings. The van der Waals surface area contributed by atoms with Crippen LogP contribution in [-0.4, -0.2) is 31.3 Å². The first-order valence-corrected chi connectivity index (χ1v) is 7.43. The van der Waals surface area contributed by atoms with Crippen molar-refractivity contribution >= 4 is 11.4 Å². The molecule has 19 heavy (non-hydrogen) atoms. The first-order valence-electron chi connectivity index (χ1n) is 7.43. The van der Waals surface area contributed by atoms with Crippen molar-refractivity contribution in [2.75, 3.05) is 30.4 Å².